The highest BCUT2D eigenvalue weighted by Crippen LogP contribution is 2.31. The average Bonchev–Trinajstić information content (AvgIpc) is 2.41. The molecular formula is C7H9ClF2N2O2S. The molecule has 0 saturated carbocycles. The van der Waals surface area contributed by atoms with Gasteiger partial charge in [-0.25, -0.2) is 17.2 Å². The summed E-state index contributed by atoms with van der Waals surface area (Å²) in [6, 6.07) is 0. The number of hydrogen-bond donors (Lipinski definition) is 0. The third-order valence-electron chi connectivity index (χ3n) is 1.86. The van der Waals surface area contributed by atoms with E-state index in [9.17, 15) is 17.2 Å². The smallest absolute Gasteiger partial charge is 0.262 e. The first-order valence-electron chi connectivity index (χ1n) is 4.09. The Kier molecular flexibility index (Phi) is 3.34. The summed E-state index contributed by atoms with van der Waals surface area (Å²) in [5.41, 5.74) is -0.660. The molecule has 0 saturated heterocycles. The van der Waals surface area contributed by atoms with Crippen molar-refractivity contribution in [3.05, 3.63) is 11.4 Å². The fourth-order valence-corrected chi connectivity index (χ4v) is 2.75. The summed E-state index contributed by atoms with van der Waals surface area (Å²) in [4.78, 5) is -0.582. The molecule has 0 N–H and O–H groups in total. The predicted molar refractivity (Wildman–Crippen MR) is 50.6 cm³/mol. The summed E-state index contributed by atoms with van der Waals surface area (Å²) in [6.45, 7) is 3.07. The van der Waals surface area contributed by atoms with Crippen LogP contribution in [0.25, 0.3) is 0 Å². The summed E-state index contributed by atoms with van der Waals surface area (Å²) >= 11 is 0. The fraction of sp³-hybridized carbons (Fsp3) is 0.571. The third kappa shape index (κ3) is 2.28. The van der Waals surface area contributed by atoms with E-state index in [0.717, 1.165) is 4.68 Å². The second-order valence-corrected chi connectivity index (χ2v) is 5.36. The lowest BCUT2D eigenvalue weighted by Crippen LogP contribution is -2.05. The lowest BCUT2D eigenvalue weighted by molar-refractivity contribution is 0.136. The first-order chi connectivity index (χ1) is 6.79. The first-order valence-corrected chi connectivity index (χ1v) is 6.40. The molecule has 0 aliphatic carbocycles. The Bertz CT molecular complexity index is 470. The van der Waals surface area contributed by atoms with Gasteiger partial charge in [0.15, 0.2) is 0 Å². The van der Waals surface area contributed by atoms with Crippen LogP contribution in [0.5, 0.6) is 0 Å². The van der Waals surface area contributed by atoms with E-state index in [0.29, 0.717) is 0 Å². The molecule has 1 rings (SSSR count). The summed E-state index contributed by atoms with van der Waals surface area (Å²) in [6.07, 6.45) is -2.92. The van der Waals surface area contributed by atoms with Crippen LogP contribution < -0.4 is 0 Å². The van der Waals surface area contributed by atoms with Crippen molar-refractivity contribution in [2.45, 2.75) is 31.7 Å². The average molecular weight is 259 g/mol. The van der Waals surface area contributed by atoms with Gasteiger partial charge in [-0.15, -0.1) is 0 Å². The second kappa shape index (κ2) is 4.05. The molecule has 15 heavy (non-hydrogen) atoms. The van der Waals surface area contributed by atoms with Crippen molar-refractivity contribution in [1.29, 1.82) is 0 Å². The molecule has 86 valence electrons. The van der Waals surface area contributed by atoms with Crippen LogP contribution >= 0.6 is 10.7 Å². The first kappa shape index (κ1) is 12.4. The summed E-state index contributed by atoms with van der Waals surface area (Å²) in [5.74, 6) is 0. The van der Waals surface area contributed by atoms with E-state index in [4.69, 9.17) is 10.7 Å². The molecule has 0 fully saturated rings. The normalized spacial score (nSPS) is 12.4. The largest absolute Gasteiger partial charge is 0.281 e. The molecule has 0 atom stereocenters. The Labute approximate surface area is 90.3 Å². The summed E-state index contributed by atoms with van der Waals surface area (Å²) in [7, 11) is 0.879. The van der Waals surface area contributed by atoms with Crippen molar-refractivity contribution in [3.63, 3.8) is 0 Å². The zero-order valence-electron chi connectivity index (χ0n) is 8.04. The number of aromatic nitrogens is 2. The van der Waals surface area contributed by atoms with Crippen LogP contribution in [0.1, 0.15) is 24.7 Å². The van der Waals surface area contributed by atoms with Gasteiger partial charge >= 0.3 is 0 Å². The van der Waals surface area contributed by atoms with Gasteiger partial charge in [0, 0.05) is 17.2 Å². The van der Waals surface area contributed by atoms with Gasteiger partial charge in [-0.1, -0.05) is 0 Å². The van der Waals surface area contributed by atoms with Crippen LogP contribution in [0.15, 0.2) is 4.90 Å². The van der Waals surface area contributed by atoms with E-state index in [1.807, 2.05) is 0 Å². The summed E-state index contributed by atoms with van der Waals surface area (Å²) < 4.78 is 48.4. The fourth-order valence-electron chi connectivity index (χ4n) is 1.34. The quantitative estimate of drug-likeness (QED) is 0.780. The lowest BCUT2D eigenvalue weighted by atomic mass is 10.4. The highest BCUT2D eigenvalue weighted by Gasteiger charge is 2.29. The Morgan fingerprint density at radius 1 is 1.53 bits per heavy atom. The van der Waals surface area contributed by atoms with E-state index >= 15 is 0 Å². The molecule has 1 aromatic rings. The molecule has 0 spiro atoms. The number of alkyl halides is 2. The monoisotopic (exact) mass is 258 g/mol. The molecule has 1 heterocycles. The molecule has 0 radical (unpaired) electrons. The number of hydrogen-bond acceptors (Lipinski definition) is 3. The van der Waals surface area contributed by atoms with Gasteiger partial charge in [-0.3, -0.25) is 4.68 Å². The third-order valence-corrected chi connectivity index (χ3v) is 3.32. The molecule has 0 bridgehead atoms. The van der Waals surface area contributed by atoms with E-state index in [1.165, 1.54) is 6.92 Å². The maximum atomic E-state index is 12.6. The van der Waals surface area contributed by atoms with E-state index in [1.54, 1.807) is 6.92 Å². The molecule has 0 aliphatic heterocycles. The van der Waals surface area contributed by atoms with E-state index in [-0.39, 0.29) is 12.2 Å². The predicted octanol–water partition coefficient (Wildman–Crippen LogP) is 2.08. The zero-order valence-corrected chi connectivity index (χ0v) is 9.61. The van der Waals surface area contributed by atoms with Crippen LogP contribution in [-0.4, -0.2) is 18.2 Å². The van der Waals surface area contributed by atoms with Crippen molar-refractivity contribution < 1.29 is 17.2 Å². The molecule has 0 aliphatic rings. The van der Waals surface area contributed by atoms with Crippen LogP contribution in [0, 0.1) is 6.92 Å². The minimum atomic E-state index is -4.19. The minimum absolute atomic E-state index is 0.0119. The molecule has 1 aromatic heterocycles. The molecule has 0 aromatic carbocycles. The van der Waals surface area contributed by atoms with E-state index in [2.05, 4.69) is 5.10 Å². The van der Waals surface area contributed by atoms with Crippen LogP contribution in [0.4, 0.5) is 8.78 Å². The Balaban J connectivity index is 3.57. The van der Waals surface area contributed by atoms with Crippen molar-refractivity contribution in [3.8, 4) is 0 Å². The maximum Gasteiger partial charge on any atom is 0.281 e. The van der Waals surface area contributed by atoms with Gasteiger partial charge in [-0.2, -0.15) is 5.10 Å². The molecule has 8 heteroatoms. The maximum absolute atomic E-state index is 12.6. The van der Waals surface area contributed by atoms with Gasteiger partial charge in [0.05, 0.1) is 5.69 Å². The topological polar surface area (TPSA) is 52.0 Å². The highest BCUT2D eigenvalue weighted by molar-refractivity contribution is 8.13. The summed E-state index contributed by atoms with van der Waals surface area (Å²) in [5, 5.41) is 3.69. The van der Waals surface area contributed by atoms with Crippen molar-refractivity contribution >= 4 is 19.7 Å². The number of rotatable bonds is 3. The van der Waals surface area contributed by atoms with Crippen LogP contribution in [0.3, 0.4) is 0 Å². The zero-order chi connectivity index (χ0) is 11.8. The number of aryl methyl sites for hydroxylation is 2. The van der Waals surface area contributed by atoms with Gasteiger partial charge < -0.3 is 0 Å². The molecule has 4 nitrogen and oxygen atoms in total. The van der Waals surface area contributed by atoms with Gasteiger partial charge in [0.1, 0.15) is 10.6 Å². The molecular weight excluding hydrogens is 250 g/mol. The van der Waals surface area contributed by atoms with Crippen LogP contribution in [-0.2, 0) is 15.6 Å². The van der Waals surface area contributed by atoms with Crippen LogP contribution in [0.2, 0.25) is 0 Å². The second-order valence-electron chi connectivity index (χ2n) is 2.85. The van der Waals surface area contributed by atoms with Gasteiger partial charge in [0.25, 0.3) is 15.5 Å². The lowest BCUT2D eigenvalue weighted by Gasteiger charge is -2.04. The Morgan fingerprint density at radius 3 is 2.40 bits per heavy atom. The van der Waals surface area contributed by atoms with Crippen molar-refractivity contribution in [2.75, 3.05) is 0 Å². The van der Waals surface area contributed by atoms with Crippen molar-refractivity contribution in [2.24, 2.45) is 0 Å². The van der Waals surface area contributed by atoms with Gasteiger partial charge in [-0.05, 0) is 13.8 Å². The highest BCUT2D eigenvalue weighted by atomic mass is 35.7. The minimum Gasteiger partial charge on any atom is -0.262 e. The number of nitrogens with zero attached hydrogens (tertiary/aromatic N) is 2. The molecule has 0 unspecified atom stereocenters. The Morgan fingerprint density at radius 2 is 2.07 bits per heavy atom. The van der Waals surface area contributed by atoms with E-state index < -0.39 is 26.1 Å². The number of halogens is 3. The SMILES string of the molecule is CCn1nc(C)c(S(=O)(=O)Cl)c1C(F)F. The van der Waals surface area contributed by atoms with Crippen molar-refractivity contribution in [1.82, 2.24) is 9.78 Å². The Hall–Kier alpha value is -0.690. The standard InChI is InChI=1S/C7H9ClF2N2O2S/c1-3-12-5(7(9)10)6(4(2)11-12)15(8,13)14/h7H,3H2,1-2H3. The van der Waals surface area contributed by atoms with Gasteiger partial charge in [0.2, 0.25) is 0 Å². The molecule has 0 amide bonds.